The summed E-state index contributed by atoms with van der Waals surface area (Å²) in [6.45, 7) is 5.23. The zero-order valence-electron chi connectivity index (χ0n) is 9.06. The first-order valence-electron chi connectivity index (χ1n) is 4.80. The van der Waals surface area contributed by atoms with Gasteiger partial charge in [-0.05, 0) is 6.92 Å². The lowest BCUT2D eigenvalue weighted by molar-refractivity contribution is -0.134. The second-order valence-corrected chi connectivity index (χ2v) is 2.93. The first-order chi connectivity index (χ1) is 7.56. The summed E-state index contributed by atoms with van der Waals surface area (Å²) < 4.78 is 0. The minimum atomic E-state index is -1.26. The van der Waals surface area contributed by atoms with Crippen LogP contribution in [0.4, 0.5) is 0 Å². The minimum Gasteiger partial charge on any atom is -0.478 e. The van der Waals surface area contributed by atoms with Crippen LogP contribution in [0, 0.1) is 0 Å². The van der Waals surface area contributed by atoms with Crippen molar-refractivity contribution >= 4 is 11.9 Å². The number of carboxylic acids is 2. The number of carboxylic acid groups (broad SMARTS) is 2. The predicted octanol–water partition coefficient (Wildman–Crippen LogP) is -0.205. The Hall–Kier alpha value is -1.82. The summed E-state index contributed by atoms with van der Waals surface area (Å²) in [5, 5.41) is 22.1. The van der Waals surface area contributed by atoms with E-state index in [1.165, 1.54) is 5.70 Å². The first-order valence-corrected chi connectivity index (χ1v) is 4.80. The van der Waals surface area contributed by atoms with Gasteiger partial charge in [0.2, 0.25) is 0 Å². The average molecular weight is 228 g/mol. The lowest BCUT2D eigenvalue weighted by Gasteiger charge is -2.17. The molecule has 1 aliphatic rings. The number of nitrogens with one attached hydrogen (secondary N) is 2. The van der Waals surface area contributed by atoms with Gasteiger partial charge in [0.1, 0.15) is 0 Å². The van der Waals surface area contributed by atoms with Crippen molar-refractivity contribution in [1.29, 1.82) is 0 Å². The molecule has 1 aliphatic heterocycles. The highest BCUT2D eigenvalue weighted by molar-refractivity contribution is 5.89. The van der Waals surface area contributed by atoms with Crippen LogP contribution in [0.5, 0.6) is 0 Å². The molecule has 1 fully saturated rings. The lowest BCUT2D eigenvalue weighted by Crippen LogP contribution is -2.37. The number of allylic oxidation sites excluding steroid dienone is 1. The fraction of sp³-hybridized carbons (Fsp3) is 0.400. The highest BCUT2D eigenvalue weighted by Gasteiger charge is 1.98. The molecule has 0 bridgehead atoms. The largest absolute Gasteiger partial charge is 0.478 e. The van der Waals surface area contributed by atoms with Crippen LogP contribution in [0.2, 0.25) is 0 Å². The van der Waals surface area contributed by atoms with E-state index in [1.54, 1.807) is 0 Å². The van der Waals surface area contributed by atoms with Crippen LogP contribution in [0.3, 0.4) is 0 Å². The van der Waals surface area contributed by atoms with Gasteiger partial charge in [-0.25, -0.2) is 9.59 Å². The van der Waals surface area contributed by atoms with Crippen molar-refractivity contribution in [2.75, 3.05) is 19.6 Å². The third kappa shape index (κ3) is 8.76. The van der Waals surface area contributed by atoms with Gasteiger partial charge in [0, 0.05) is 37.5 Å². The van der Waals surface area contributed by atoms with E-state index >= 15 is 0 Å². The number of piperazine rings is 1. The molecular weight excluding hydrogens is 212 g/mol. The maximum absolute atomic E-state index is 9.55. The van der Waals surface area contributed by atoms with E-state index in [9.17, 15) is 9.59 Å². The second kappa shape index (κ2) is 8.49. The summed E-state index contributed by atoms with van der Waals surface area (Å²) in [7, 11) is 0. The quantitative estimate of drug-likeness (QED) is 0.488. The van der Waals surface area contributed by atoms with Gasteiger partial charge < -0.3 is 20.8 Å². The maximum atomic E-state index is 9.55. The normalized spacial score (nSPS) is 17.4. The Morgan fingerprint density at radius 2 is 1.75 bits per heavy atom. The summed E-state index contributed by atoms with van der Waals surface area (Å²) in [4.78, 5) is 19.1. The highest BCUT2D eigenvalue weighted by atomic mass is 16.4. The van der Waals surface area contributed by atoms with Crippen LogP contribution in [0.1, 0.15) is 6.92 Å². The molecule has 0 radical (unpaired) electrons. The third-order valence-electron chi connectivity index (χ3n) is 1.69. The molecule has 0 amide bonds. The fourth-order valence-corrected chi connectivity index (χ4v) is 0.944. The van der Waals surface area contributed by atoms with Gasteiger partial charge in [0.05, 0.1) is 0 Å². The molecule has 1 saturated heterocycles. The summed E-state index contributed by atoms with van der Waals surface area (Å²) >= 11 is 0. The van der Waals surface area contributed by atoms with E-state index in [4.69, 9.17) is 10.2 Å². The van der Waals surface area contributed by atoms with Crippen molar-refractivity contribution < 1.29 is 19.8 Å². The van der Waals surface area contributed by atoms with Crippen molar-refractivity contribution in [2.24, 2.45) is 0 Å². The van der Waals surface area contributed by atoms with E-state index in [0.29, 0.717) is 12.2 Å². The van der Waals surface area contributed by atoms with Gasteiger partial charge in [-0.3, -0.25) is 0 Å². The molecule has 1 rings (SSSR count). The fourth-order valence-electron chi connectivity index (χ4n) is 0.944. The van der Waals surface area contributed by atoms with Crippen molar-refractivity contribution in [3.8, 4) is 0 Å². The Labute approximate surface area is 93.7 Å². The molecule has 0 atom stereocenters. The smallest absolute Gasteiger partial charge is 0.328 e. The van der Waals surface area contributed by atoms with Gasteiger partial charge in [0.25, 0.3) is 0 Å². The molecule has 6 nitrogen and oxygen atoms in total. The first kappa shape index (κ1) is 14.2. The molecule has 1 heterocycles. The van der Waals surface area contributed by atoms with Crippen molar-refractivity contribution in [3.05, 3.63) is 23.9 Å². The average Bonchev–Trinajstić information content (AvgIpc) is 2.28. The third-order valence-corrected chi connectivity index (χ3v) is 1.69. The molecule has 0 aromatic carbocycles. The van der Waals surface area contributed by atoms with Crippen LogP contribution < -0.4 is 10.6 Å². The Morgan fingerprint density at radius 3 is 2.00 bits per heavy atom. The van der Waals surface area contributed by atoms with Crippen molar-refractivity contribution in [3.63, 3.8) is 0 Å². The van der Waals surface area contributed by atoms with Crippen molar-refractivity contribution in [1.82, 2.24) is 10.6 Å². The Bertz CT molecular complexity index is 273. The van der Waals surface area contributed by atoms with E-state index in [-0.39, 0.29) is 0 Å². The summed E-state index contributed by atoms with van der Waals surface area (Å²) in [5.74, 6) is -2.51. The molecule has 0 spiro atoms. The number of carbonyl (C=O) groups is 2. The zero-order chi connectivity index (χ0) is 12.4. The van der Waals surface area contributed by atoms with E-state index in [1.807, 2.05) is 0 Å². The van der Waals surface area contributed by atoms with Crippen LogP contribution in [-0.4, -0.2) is 41.8 Å². The lowest BCUT2D eigenvalue weighted by atomic mass is 10.3. The van der Waals surface area contributed by atoms with Gasteiger partial charge >= 0.3 is 11.9 Å². The van der Waals surface area contributed by atoms with E-state index < -0.39 is 11.9 Å². The summed E-state index contributed by atoms with van der Waals surface area (Å²) in [5.41, 5.74) is 1.32. The molecule has 6 heteroatoms. The summed E-state index contributed by atoms with van der Waals surface area (Å²) in [6, 6.07) is 0. The number of aliphatic carboxylic acids is 2. The van der Waals surface area contributed by atoms with Crippen molar-refractivity contribution in [2.45, 2.75) is 6.92 Å². The Balaban J connectivity index is 0.000000281. The van der Waals surface area contributed by atoms with E-state index in [0.717, 1.165) is 19.6 Å². The molecule has 0 aromatic heterocycles. The van der Waals surface area contributed by atoms with Gasteiger partial charge in [-0.1, -0.05) is 6.08 Å². The topological polar surface area (TPSA) is 98.7 Å². The Morgan fingerprint density at radius 1 is 1.19 bits per heavy atom. The monoisotopic (exact) mass is 228 g/mol. The Kier molecular flexibility index (Phi) is 7.52. The van der Waals surface area contributed by atoms with Gasteiger partial charge in [0.15, 0.2) is 0 Å². The molecule has 0 aliphatic carbocycles. The molecule has 0 aromatic rings. The number of rotatable bonds is 2. The zero-order valence-corrected chi connectivity index (χ0v) is 9.06. The van der Waals surface area contributed by atoms with Crippen LogP contribution in [-0.2, 0) is 9.59 Å². The second-order valence-electron chi connectivity index (χ2n) is 2.93. The minimum absolute atomic E-state index is 0.558. The SMILES string of the molecule is CC=C1CNCCN1.O=C(O)/C=C/C(=O)O. The van der Waals surface area contributed by atoms with E-state index in [2.05, 4.69) is 23.6 Å². The maximum Gasteiger partial charge on any atom is 0.328 e. The van der Waals surface area contributed by atoms with Crippen LogP contribution >= 0.6 is 0 Å². The highest BCUT2D eigenvalue weighted by Crippen LogP contribution is 1.88. The molecular formula is C10H16N2O4. The molecule has 0 saturated carbocycles. The van der Waals surface area contributed by atoms with Gasteiger partial charge in [-0.2, -0.15) is 0 Å². The number of hydrogen-bond donors (Lipinski definition) is 4. The standard InChI is InChI=1S/C6H12N2.C4H4O4/c1-2-6-5-7-3-4-8-6;5-3(6)1-2-4(7)8/h2,7-8H,3-5H2,1H3;1-2H,(H,5,6)(H,7,8)/b;2-1+. The van der Waals surface area contributed by atoms with Crippen LogP contribution in [0.25, 0.3) is 0 Å². The molecule has 0 unspecified atom stereocenters. The molecule has 90 valence electrons. The van der Waals surface area contributed by atoms with Gasteiger partial charge in [-0.15, -0.1) is 0 Å². The predicted molar refractivity (Wildman–Crippen MR) is 59.0 cm³/mol. The number of hydrogen-bond acceptors (Lipinski definition) is 4. The molecule has 4 N–H and O–H groups in total. The van der Waals surface area contributed by atoms with Crippen LogP contribution in [0.15, 0.2) is 23.9 Å². The molecule has 16 heavy (non-hydrogen) atoms. The summed E-state index contributed by atoms with van der Waals surface area (Å²) in [6.07, 6.45) is 3.22.